The van der Waals surface area contributed by atoms with Crippen molar-refractivity contribution < 1.29 is 9.59 Å². The van der Waals surface area contributed by atoms with Crippen LogP contribution in [0.4, 0.5) is 5.13 Å². The number of hydrogen-bond acceptors (Lipinski definition) is 6. The summed E-state index contributed by atoms with van der Waals surface area (Å²) in [5.74, 6) is 0.611. The average Bonchev–Trinajstić information content (AvgIpc) is 3.05. The van der Waals surface area contributed by atoms with Gasteiger partial charge in [0.2, 0.25) is 16.9 Å². The molecule has 29 heavy (non-hydrogen) atoms. The van der Waals surface area contributed by atoms with E-state index < -0.39 is 6.04 Å². The van der Waals surface area contributed by atoms with Gasteiger partial charge in [0.1, 0.15) is 11.9 Å². The molecule has 1 saturated heterocycles. The van der Waals surface area contributed by atoms with Gasteiger partial charge in [-0.15, -0.1) is 0 Å². The van der Waals surface area contributed by atoms with Crippen molar-refractivity contribution in [1.82, 2.24) is 20.0 Å². The van der Waals surface area contributed by atoms with Crippen molar-refractivity contribution >= 4 is 28.5 Å². The van der Waals surface area contributed by atoms with E-state index in [1.165, 1.54) is 17.1 Å². The monoisotopic (exact) mass is 415 g/mol. The van der Waals surface area contributed by atoms with Crippen LogP contribution >= 0.6 is 11.5 Å². The van der Waals surface area contributed by atoms with Crippen LogP contribution in [0.2, 0.25) is 0 Å². The Labute approximate surface area is 176 Å². The van der Waals surface area contributed by atoms with Gasteiger partial charge in [-0.3, -0.25) is 9.59 Å². The molecule has 1 aromatic carbocycles. The number of benzene rings is 1. The van der Waals surface area contributed by atoms with Gasteiger partial charge in [-0.2, -0.15) is 4.37 Å². The first-order valence-electron chi connectivity index (χ1n) is 10.2. The van der Waals surface area contributed by atoms with Crippen LogP contribution in [0.15, 0.2) is 30.3 Å². The van der Waals surface area contributed by atoms with Crippen LogP contribution in [0.3, 0.4) is 0 Å². The molecule has 7 nitrogen and oxygen atoms in total. The number of nitrogens with zero attached hydrogens (tertiary/aromatic N) is 3. The Balaban J connectivity index is 1.56. The smallest absolute Gasteiger partial charge is 0.242 e. The number of nitrogens with one attached hydrogen (secondary N) is 2. The van der Waals surface area contributed by atoms with E-state index >= 15 is 0 Å². The van der Waals surface area contributed by atoms with Crippen LogP contribution in [0.5, 0.6) is 0 Å². The highest BCUT2D eigenvalue weighted by Gasteiger charge is 2.23. The third-order valence-electron chi connectivity index (χ3n) is 4.98. The summed E-state index contributed by atoms with van der Waals surface area (Å²) in [7, 11) is 0. The van der Waals surface area contributed by atoms with Gasteiger partial charge in [0.25, 0.3) is 0 Å². The SMILES string of the molecule is CC(C)N(CCC(=O)NC1CCCCNC1=O)c1nc(Cc2ccccc2)ns1. The fourth-order valence-corrected chi connectivity index (χ4v) is 4.20. The van der Waals surface area contributed by atoms with Crippen LogP contribution in [0.1, 0.15) is 50.9 Å². The number of amides is 2. The van der Waals surface area contributed by atoms with E-state index in [-0.39, 0.29) is 17.9 Å². The summed E-state index contributed by atoms with van der Waals surface area (Å²) in [6.45, 7) is 5.39. The van der Waals surface area contributed by atoms with E-state index in [0.29, 0.717) is 32.4 Å². The molecular weight excluding hydrogens is 386 g/mol. The molecule has 1 unspecified atom stereocenters. The molecule has 0 aliphatic carbocycles. The Morgan fingerprint density at radius 3 is 2.86 bits per heavy atom. The summed E-state index contributed by atoms with van der Waals surface area (Å²) < 4.78 is 4.49. The third kappa shape index (κ3) is 6.25. The molecule has 0 bridgehead atoms. The lowest BCUT2D eigenvalue weighted by atomic mass is 10.1. The number of aromatic nitrogens is 2. The number of carbonyl (C=O) groups is 2. The third-order valence-corrected chi connectivity index (χ3v) is 5.77. The van der Waals surface area contributed by atoms with Gasteiger partial charge in [0, 0.05) is 43.5 Å². The summed E-state index contributed by atoms with van der Waals surface area (Å²) in [5.41, 5.74) is 1.18. The van der Waals surface area contributed by atoms with Crippen LogP contribution < -0.4 is 15.5 Å². The second-order valence-corrected chi connectivity index (χ2v) is 8.33. The van der Waals surface area contributed by atoms with Crippen LogP contribution in [-0.2, 0) is 16.0 Å². The Morgan fingerprint density at radius 2 is 2.10 bits per heavy atom. The van der Waals surface area contributed by atoms with Crippen molar-refractivity contribution in [2.24, 2.45) is 0 Å². The van der Waals surface area contributed by atoms with Gasteiger partial charge in [0.05, 0.1) is 0 Å². The highest BCUT2D eigenvalue weighted by Crippen LogP contribution is 2.21. The van der Waals surface area contributed by atoms with E-state index in [2.05, 4.69) is 50.9 Å². The van der Waals surface area contributed by atoms with E-state index in [1.54, 1.807) is 0 Å². The molecule has 1 fully saturated rings. The fourth-order valence-electron chi connectivity index (χ4n) is 3.35. The zero-order valence-electron chi connectivity index (χ0n) is 17.1. The van der Waals surface area contributed by atoms with E-state index in [1.807, 2.05) is 18.2 Å². The molecule has 0 spiro atoms. The standard InChI is InChI=1S/C21H29N5O2S/c1-15(2)26(13-11-19(27)23-17-10-6-7-12-22-20(17)28)21-24-18(25-29-21)14-16-8-4-3-5-9-16/h3-5,8-9,15,17H,6-7,10-14H2,1-2H3,(H,22,28)(H,23,27). The van der Waals surface area contributed by atoms with Gasteiger partial charge >= 0.3 is 0 Å². The number of rotatable bonds is 8. The maximum atomic E-state index is 12.4. The average molecular weight is 416 g/mol. The normalized spacial score (nSPS) is 16.9. The largest absolute Gasteiger partial charge is 0.354 e. The zero-order valence-corrected chi connectivity index (χ0v) is 17.9. The van der Waals surface area contributed by atoms with Crippen LogP contribution in [0, 0.1) is 0 Å². The molecule has 0 saturated carbocycles. The van der Waals surface area contributed by atoms with E-state index in [0.717, 1.165) is 23.8 Å². The van der Waals surface area contributed by atoms with Gasteiger partial charge < -0.3 is 15.5 Å². The van der Waals surface area contributed by atoms with Crippen LogP contribution in [0.25, 0.3) is 0 Å². The fraction of sp³-hybridized carbons (Fsp3) is 0.524. The molecule has 2 N–H and O–H groups in total. The number of hydrogen-bond donors (Lipinski definition) is 2. The van der Waals surface area contributed by atoms with Crippen LogP contribution in [-0.4, -0.2) is 46.3 Å². The summed E-state index contributed by atoms with van der Waals surface area (Å²) in [4.78, 5) is 31.2. The topological polar surface area (TPSA) is 87.2 Å². The first kappa shape index (κ1) is 21.2. The molecule has 2 aromatic rings. The maximum absolute atomic E-state index is 12.4. The van der Waals surface area contributed by atoms with Crippen molar-refractivity contribution in [3.63, 3.8) is 0 Å². The first-order valence-corrected chi connectivity index (χ1v) is 11.0. The highest BCUT2D eigenvalue weighted by molar-refractivity contribution is 7.09. The van der Waals surface area contributed by atoms with Crippen molar-refractivity contribution in [3.05, 3.63) is 41.7 Å². The maximum Gasteiger partial charge on any atom is 0.242 e. The second kappa shape index (κ2) is 10.3. The number of anilines is 1. The Bertz CT molecular complexity index is 808. The minimum atomic E-state index is -0.420. The molecular formula is C21H29N5O2S. The lowest BCUT2D eigenvalue weighted by Crippen LogP contribution is -2.46. The first-order chi connectivity index (χ1) is 14.0. The molecule has 1 aromatic heterocycles. The molecule has 1 aliphatic rings. The molecule has 1 atom stereocenters. The summed E-state index contributed by atoms with van der Waals surface area (Å²) in [5, 5.41) is 6.56. The molecule has 3 rings (SSSR count). The lowest BCUT2D eigenvalue weighted by molar-refractivity contribution is -0.128. The summed E-state index contributed by atoms with van der Waals surface area (Å²) >= 11 is 1.36. The number of carbonyl (C=O) groups excluding carboxylic acids is 2. The van der Waals surface area contributed by atoms with Crippen molar-refractivity contribution in [2.45, 2.75) is 58.0 Å². The molecule has 156 valence electrons. The van der Waals surface area contributed by atoms with Gasteiger partial charge in [0.15, 0.2) is 0 Å². The molecule has 8 heteroatoms. The lowest BCUT2D eigenvalue weighted by Gasteiger charge is -2.25. The van der Waals surface area contributed by atoms with Crippen molar-refractivity contribution in [1.29, 1.82) is 0 Å². The summed E-state index contributed by atoms with van der Waals surface area (Å²) in [6.07, 6.45) is 3.61. The summed E-state index contributed by atoms with van der Waals surface area (Å²) in [6, 6.07) is 9.92. The van der Waals surface area contributed by atoms with Crippen molar-refractivity contribution in [3.8, 4) is 0 Å². The quantitative estimate of drug-likeness (QED) is 0.692. The predicted octanol–water partition coefficient (Wildman–Crippen LogP) is 2.52. The predicted molar refractivity (Wildman–Crippen MR) is 115 cm³/mol. The van der Waals surface area contributed by atoms with E-state index in [9.17, 15) is 9.59 Å². The van der Waals surface area contributed by atoms with E-state index in [4.69, 9.17) is 0 Å². The highest BCUT2D eigenvalue weighted by atomic mass is 32.1. The van der Waals surface area contributed by atoms with Crippen molar-refractivity contribution in [2.75, 3.05) is 18.0 Å². The minimum Gasteiger partial charge on any atom is -0.354 e. The Morgan fingerprint density at radius 1 is 1.31 bits per heavy atom. The molecule has 2 heterocycles. The zero-order chi connectivity index (χ0) is 20.6. The molecule has 1 aliphatic heterocycles. The minimum absolute atomic E-state index is 0.0776. The molecule has 2 amide bonds. The second-order valence-electron chi connectivity index (χ2n) is 7.60. The van der Waals surface area contributed by atoms with Gasteiger partial charge in [-0.1, -0.05) is 30.3 Å². The Hall–Kier alpha value is -2.48. The van der Waals surface area contributed by atoms with Gasteiger partial charge in [-0.05, 0) is 38.7 Å². The Kier molecular flexibility index (Phi) is 7.57. The van der Waals surface area contributed by atoms with Gasteiger partial charge in [-0.25, -0.2) is 4.98 Å². The molecule has 0 radical (unpaired) electrons.